The summed E-state index contributed by atoms with van der Waals surface area (Å²) in [5.74, 6) is -0.565. The maximum Gasteiger partial charge on any atom is 0.240 e. The number of carbonyl (C=O) groups excluding carboxylic acids is 2. The smallest absolute Gasteiger partial charge is 0.240 e. The van der Waals surface area contributed by atoms with Crippen LogP contribution in [-0.4, -0.2) is 22.2 Å². The minimum absolute atomic E-state index is 0.00710. The van der Waals surface area contributed by atoms with E-state index in [9.17, 15) is 9.59 Å². The average Bonchev–Trinajstić information content (AvgIpc) is 2.92. The first kappa shape index (κ1) is 17.8. The minimum Gasteiger partial charge on any atom is -0.325 e. The molecule has 128 valence electrons. The molecule has 1 aliphatic heterocycles. The van der Waals surface area contributed by atoms with Gasteiger partial charge in [-0.05, 0) is 24.3 Å². The van der Waals surface area contributed by atoms with Gasteiger partial charge in [0.05, 0.1) is 21.4 Å². The first-order chi connectivity index (χ1) is 12.0. The lowest BCUT2D eigenvalue weighted by Crippen LogP contribution is -2.28. The molecule has 8 heteroatoms. The van der Waals surface area contributed by atoms with E-state index in [0.29, 0.717) is 15.9 Å². The molecule has 5 nitrogen and oxygen atoms in total. The molecule has 3 rings (SSSR count). The minimum atomic E-state index is -0.541. The standard InChI is InChI=1S/C17H13Cl2N3O2S/c18-11-7-4-8-12(15(11)19)21-14(23)9-13-16(24)22-17(25-13)20-10-5-2-1-3-6-10/h1-8,13H,9H2,(H,21,23)(H,20,22,24)/t13-/m0/s1. The molecule has 2 amide bonds. The normalized spacial score (nSPS) is 18.2. The Hall–Kier alpha value is -2.02. The third-order valence-corrected chi connectivity index (χ3v) is 5.26. The highest BCUT2D eigenvalue weighted by molar-refractivity contribution is 8.15. The third-order valence-electron chi connectivity index (χ3n) is 3.36. The molecule has 2 N–H and O–H groups in total. The summed E-state index contributed by atoms with van der Waals surface area (Å²) in [6.07, 6.45) is 0.00710. The van der Waals surface area contributed by atoms with Gasteiger partial charge in [0.25, 0.3) is 0 Å². The SMILES string of the molecule is O=C(C[C@@H]1SC(=Nc2ccccc2)NC1=O)Nc1cccc(Cl)c1Cl. The van der Waals surface area contributed by atoms with Crippen LogP contribution in [-0.2, 0) is 9.59 Å². The van der Waals surface area contributed by atoms with Gasteiger partial charge in [-0.25, -0.2) is 4.99 Å². The molecule has 0 aromatic heterocycles. The molecule has 0 bridgehead atoms. The van der Waals surface area contributed by atoms with Crippen molar-refractivity contribution in [3.63, 3.8) is 0 Å². The van der Waals surface area contributed by atoms with E-state index >= 15 is 0 Å². The molecule has 0 spiro atoms. The highest BCUT2D eigenvalue weighted by Crippen LogP contribution is 2.30. The number of thioether (sulfide) groups is 1. The first-order valence-electron chi connectivity index (χ1n) is 7.38. The van der Waals surface area contributed by atoms with Crippen LogP contribution in [0.25, 0.3) is 0 Å². The fourth-order valence-electron chi connectivity index (χ4n) is 2.18. The number of anilines is 1. The Balaban J connectivity index is 1.63. The number of amides is 2. The lowest BCUT2D eigenvalue weighted by Gasteiger charge is -2.09. The van der Waals surface area contributed by atoms with Crippen molar-refractivity contribution in [2.75, 3.05) is 5.32 Å². The lowest BCUT2D eigenvalue weighted by molar-refractivity contribution is -0.122. The topological polar surface area (TPSA) is 70.6 Å². The lowest BCUT2D eigenvalue weighted by atomic mass is 10.2. The number of amidine groups is 1. The van der Waals surface area contributed by atoms with E-state index < -0.39 is 5.25 Å². The second-order valence-corrected chi connectivity index (χ2v) is 7.18. The summed E-state index contributed by atoms with van der Waals surface area (Å²) in [7, 11) is 0. The van der Waals surface area contributed by atoms with E-state index in [1.807, 2.05) is 30.3 Å². The summed E-state index contributed by atoms with van der Waals surface area (Å²) in [5, 5.41) is 5.93. The molecule has 1 heterocycles. The van der Waals surface area contributed by atoms with Gasteiger partial charge < -0.3 is 10.6 Å². The van der Waals surface area contributed by atoms with E-state index in [-0.39, 0.29) is 23.3 Å². The molecule has 1 aliphatic rings. The number of rotatable bonds is 4. The zero-order chi connectivity index (χ0) is 17.8. The number of carbonyl (C=O) groups is 2. The molecule has 0 radical (unpaired) electrons. The Bertz CT molecular complexity index is 843. The van der Waals surface area contributed by atoms with E-state index in [2.05, 4.69) is 15.6 Å². The fourth-order valence-corrected chi connectivity index (χ4v) is 3.52. The average molecular weight is 394 g/mol. The van der Waals surface area contributed by atoms with Crippen LogP contribution in [0.1, 0.15) is 6.42 Å². The van der Waals surface area contributed by atoms with Crippen LogP contribution in [0.3, 0.4) is 0 Å². The van der Waals surface area contributed by atoms with Gasteiger partial charge in [-0.1, -0.05) is 59.2 Å². The molecule has 2 aromatic rings. The van der Waals surface area contributed by atoms with E-state index in [1.54, 1.807) is 18.2 Å². The maximum atomic E-state index is 12.2. The molecule has 1 saturated heterocycles. The second kappa shape index (κ2) is 7.91. The van der Waals surface area contributed by atoms with Gasteiger partial charge in [0.1, 0.15) is 5.25 Å². The number of hydrogen-bond donors (Lipinski definition) is 2. The van der Waals surface area contributed by atoms with Gasteiger partial charge in [0, 0.05) is 6.42 Å². The fraction of sp³-hybridized carbons (Fsp3) is 0.118. The van der Waals surface area contributed by atoms with Crippen molar-refractivity contribution in [3.05, 3.63) is 58.6 Å². The Kier molecular flexibility index (Phi) is 5.63. The monoisotopic (exact) mass is 393 g/mol. The van der Waals surface area contributed by atoms with Crippen molar-refractivity contribution in [3.8, 4) is 0 Å². The Labute approximate surface area is 158 Å². The van der Waals surface area contributed by atoms with Crippen molar-refractivity contribution in [2.24, 2.45) is 4.99 Å². The third kappa shape index (κ3) is 4.54. The van der Waals surface area contributed by atoms with Crippen LogP contribution in [0.4, 0.5) is 11.4 Å². The molecule has 1 atom stereocenters. The molecule has 2 aromatic carbocycles. The van der Waals surface area contributed by atoms with E-state index in [4.69, 9.17) is 23.2 Å². The largest absolute Gasteiger partial charge is 0.325 e. The van der Waals surface area contributed by atoms with Crippen LogP contribution < -0.4 is 10.6 Å². The molecule has 1 fully saturated rings. The number of halogens is 2. The summed E-state index contributed by atoms with van der Waals surface area (Å²) >= 11 is 13.2. The Morgan fingerprint density at radius 1 is 1.16 bits per heavy atom. The summed E-state index contributed by atoms with van der Waals surface area (Å²) in [6.45, 7) is 0. The number of hydrogen-bond acceptors (Lipinski definition) is 4. The summed E-state index contributed by atoms with van der Waals surface area (Å²) in [5.41, 5.74) is 1.15. The molecular formula is C17H13Cl2N3O2S. The van der Waals surface area contributed by atoms with Crippen molar-refractivity contribution in [2.45, 2.75) is 11.7 Å². The van der Waals surface area contributed by atoms with Crippen LogP contribution in [0.15, 0.2) is 53.5 Å². The van der Waals surface area contributed by atoms with Gasteiger partial charge in [-0.15, -0.1) is 0 Å². The van der Waals surface area contributed by atoms with Crippen molar-refractivity contribution in [1.82, 2.24) is 5.32 Å². The molecule has 0 aliphatic carbocycles. The predicted molar refractivity (Wildman–Crippen MR) is 103 cm³/mol. The van der Waals surface area contributed by atoms with Crippen molar-refractivity contribution >= 4 is 63.3 Å². The van der Waals surface area contributed by atoms with Gasteiger partial charge >= 0.3 is 0 Å². The van der Waals surface area contributed by atoms with Gasteiger partial charge in [-0.3, -0.25) is 9.59 Å². The molecule has 0 unspecified atom stereocenters. The quantitative estimate of drug-likeness (QED) is 0.815. The van der Waals surface area contributed by atoms with E-state index in [0.717, 1.165) is 5.69 Å². The Morgan fingerprint density at radius 3 is 2.68 bits per heavy atom. The number of benzene rings is 2. The van der Waals surface area contributed by atoms with Crippen LogP contribution >= 0.6 is 35.0 Å². The molecular weight excluding hydrogens is 381 g/mol. The van der Waals surface area contributed by atoms with Crippen molar-refractivity contribution in [1.29, 1.82) is 0 Å². The number of para-hydroxylation sites is 1. The van der Waals surface area contributed by atoms with Crippen LogP contribution in [0.5, 0.6) is 0 Å². The van der Waals surface area contributed by atoms with Crippen LogP contribution in [0, 0.1) is 0 Å². The van der Waals surface area contributed by atoms with Gasteiger partial charge in [0.15, 0.2) is 5.17 Å². The predicted octanol–water partition coefficient (Wildman–Crippen LogP) is 4.24. The summed E-state index contributed by atoms with van der Waals surface area (Å²) in [4.78, 5) is 28.6. The zero-order valence-corrected chi connectivity index (χ0v) is 15.2. The number of aliphatic imine (C=N–C) groups is 1. The molecule has 0 saturated carbocycles. The van der Waals surface area contributed by atoms with Crippen molar-refractivity contribution < 1.29 is 9.59 Å². The highest BCUT2D eigenvalue weighted by Gasteiger charge is 2.32. The Morgan fingerprint density at radius 2 is 1.92 bits per heavy atom. The number of nitrogens with one attached hydrogen (secondary N) is 2. The summed E-state index contributed by atoms with van der Waals surface area (Å²) in [6, 6.07) is 14.2. The molecule has 25 heavy (non-hydrogen) atoms. The number of nitrogens with zero attached hydrogens (tertiary/aromatic N) is 1. The van der Waals surface area contributed by atoms with Crippen LogP contribution in [0.2, 0.25) is 10.0 Å². The first-order valence-corrected chi connectivity index (χ1v) is 9.01. The van der Waals surface area contributed by atoms with Gasteiger partial charge in [0.2, 0.25) is 11.8 Å². The van der Waals surface area contributed by atoms with Gasteiger partial charge in [-0.2, -0.15) is 0 Å². The second-order valence-electron chi connectivity index (χ2n) is 5.20. The maximum absolute atomic E-state index is 12.2. The van der Waals surface area contributed by atoms with E-state index in [1.165, 1.54) is 11.8 Å². The zero-order valence-electron chi connectivity index (χ0n) is 12.8. The highest BCUT2D eigenvalue weighted by atomic mass is 35.5. The summed E-state index contributed by atoms with van der Waals surface area (Å²) < 4.78 is 0.